The number of rotatable bonds is 0. The first kappa shape index (κ1) is 6.89. The van der Waals surface area contributed by atoms with Crippen LogP contribution in [0.25, 0.3) is 0 Å². The topological polar surface area (TPSA) is 17.1 Å². The van der Waals surface area contributed by atoms with Crippen molar-refractivity contribution in [2.45, 2.75) is 0 Å². The molecule has 0 atom stereocenters. The number of hydrogen-bond donors (Lipinski definition) is 0. The Hall–Kier alpha value is -1.11. The molecule has 0 heterocycles. The Kier molecular flexibility index (Phi) is 5.07. The molecule has 0 spiro atoms. The van der Waals surface area contributed by atoms with Gasteiger partial charge in [0.15, 0.2) is 6.79 Å². The van der Waals surface area contributed by atoms with Gasteiger partial charge >= 0.3 is 0 Å². The Morgan fingerprint density at radius 3 is 1.62 bits per heavy atom. The van der Waals surface area contributed by atoms with E-state index in [1.165, 1.54) is 0 Å². The minimum absolute atomic E-state index is 1.88. The maximum Gasteiger partial charge on any atom is 0.182 e. The molecule has 0 unspecified atom stereocenters. The third-order valence-electron chi connectivity index (χ3n) is 0.607. The van der Waals surface area contributed by atoms with E-state index in [4.69, 9.17) is 4.79 Å². The van der Waals surface area contributed by atoms with Crippen molar-refractivity contribution < 1.29 is 4.79 Å². The molecule has 0 aliphatic carbocycles. The summed E-state index contributed by atoms with van der Waals surface area (Å²) in [6.07, 6.45) is 0. The van der Waals surface area contributed by atoms with Crippen LogP contribution in [0.3, 0.4) is 0 Å². The molecule has 0 aliphatic rings. The Morgan fingerprint density at radius 2 is 1.50 bits per heavy atom. The highest BCUT2D eigenvalue weighted by molar-refractivity contribution is 5.12. The van der Waals surface area contributed by atoms with Crippen molar-refractivity contribution in [3.8, 4) is 0 Å². The average Bonchev–Trinajstić information content (AvgIpc) is 1.96. The summed E-state index contributed by atoms with van der Waals surface area (Å²) in [5.74, 6) is 0. The Balaban J connectivity index is 0.000000222. The van der Waals surface area contributed by atoms with Gasteiger partial charge in [-0.25, -0.2) is 0 Å². The number of benzene rings is 1. The summed E-state index contributed by atoms with van der Waals surface area (Å²) in [6, 6.07) is 12.5. The van der Waals surface area contributed by atoms with E-state index in [-0.39, 0.29) is 0 Å². The molecule has 1 nitrogen and oxygen atoms in total. The maximum atomic E-state index is 7.75. The van der Waals surface area contributed by atoms with Crippen LogP contribution in [-0.4, -0.2) is 6.79 Å². The molecule has 1 rings (SSSR count). The van der Waals surface area contributed by atoms with E-state index in [1.54, 1.807) is 0 Å². The summed E-state index contributed by atoms with van der Waals surface area (Å²) in [5.41, 5.74) is 0. The predicted octanol–water partition coefficient (Wildman–Crippen LogP) is 1.21. The van der Waals surface area contributed by atoms with Crippen LogP contribution in [0.2, 0.25) is 0 Å². The lowest BCUT2D eigenvalue weighted by Crippen LogP contribution is -1.49. The molecule has 1 aromatic rings. The van der Waals surface area contributed by atoms with E-state index in [2.05, 4.69) is 12.9 Å². The van der Waals surface area contributed by atoms with E-state index in [0.717, 1.165) is 0 Å². The summed E-state index contributed by atoms with van der Waals surface area (Å²) >= 11 is 0. The van der Waals surface area contributed by atoms with Crippen LogP contribution >= 0.6 is 0 Å². The highest BCUT2D eigenvalue weighted by Gasteiger charge is 1.58. The molecule has 0 fully saturated rings. The van der Waals surface area contributed by atoms with E-state index < -0.39 is 0 Å². The van der Waals surface area contributed by atoms with Crippen LogP contribution in [0.4, 0.5) is 0 Å². The molecule has 1 heteroatoms. The van der Waals surface area contributed by atoms with Crippen molar-refractivity contribution in [3.05, 3.63) is 36.4 Å². The second kappa shape index (κ2) is 5.89. The highest BCUT2D eigenvalue weighted by Crippen LogP contribution is 1.78. The van der Waals surface area contributed by atoms with Crippen molar-refractivity contribution in [2.24, 2.45) is 0 Å². The van der Waals surface area contributed by atoms with Crippen LogP contribution in [0.1, 0.15) is 0 Å². The van der Waals surface area contributed by atoms with Crippen molar-refractivity contribution in [3.63, 3.8) is 0 Å². The van der Waals surface area contributed by atoms with Gasteiger partial charge in [0.1, 0.15) is 0 Å². The van der Waals surface area contributed by atoms with Gasteiger partial charge in [0, 0.05) is 0 Å². The standard InChI is InChI=1S/C6H5.CHO/c1-2-4-6-5-3-1;1-2/h1-5H;1H. The van der Waals surface area contributed by atoms with Gasteiger partial charge in [-0.3, -0.25) is 4.79 Å². The van der Waals surface area contributed by atoms with Crippen LogP contribution in [-0.2, 0) is 4.79 Å². The lowest BCUT2D eigenvalue weighted by molar-refractivity contribution is 0.574. The third kappa shape index (κ3) is 3.09. The molecule has 8 heavy (non-hydrogen) atoms. The van der Waals surface area contributed by atoms with Gasteiger partial charge < -0.3 is 0 Å². The normalized spacial score (nSPS) is 6.50. The van der Waals surface area contributed by atoms with Gasteiger partial charge in [0.2, 0.25) is 0 Å². The fourth-order valence-corrected chi connectivity index (χ4v) is 0.342. The highest BCUT2D eigenvalue weighted by atomic mass is 16.1. The van der Waals surface area contributed by atoms with Gasteiger partial charge in [-0.1, -0.05) is 30.3 Å². The lowest BCUT2D eigenvalue weighted by Gasteiger charge is -1.68. The largest absolute Gasteiger partial charge is 0.295 e. The third-order valence-corrected chi connectivity index (χ3v) is 0.607. The van der Waals surface area contributed by atoms with Crippen LogP contribution in [0.15, 0.2) is 30.3 Å². The second-order valence-electron chi connectivity index (χ2n) is 1.08. The molecule has 1 aromatic carbocycles. The lowest BCUT2D eigenvalue weighted by atomic mass is 10.4. The Labute approximate surface area is 49.0 Å². The smallest absolute Gasteiger partial charge is 0.182 e. The molecule has 0 N–H and O–H groups in total. The zero-order valence-electron chi connectivity index (χ0n) is 4.37. The molecular formula is C7H6O. The summed E-state index contributed by atoms with van der Waals surface area (Å²) in [4.78, 5) is 7.75. The van der Waals surface area contributed by atoms with Crippen LogP contribution < -0.4 is 0 Å². The summed E-state index contributed by atoms with van der Waals surface area (Å²) < 4.78 is 0. The van der Waals surface area contributed by atoms with E-state index in [0.29, 0.717) is 0 Å². The molecule has 0 aromatic heterocycles. The van der Waals surface area contributed by atoms with Gasteiger partial charge in [-0.15, -0.1) is 0 Å². The first-order valence-corrected chi connectivity index (χ1v) is 2.15. The minimum atomic E-state index is 1.88. The molecule has 40 valence electrons. The van der Waals surface area contributed by atoms with Crippen molar-refractivity contribution in [1.29, 1.82) is 0 Å². The molecule has 2 radical (unpaired) electrons. The zero-order valence-corrected chi connectivity index (χ0v) is 4.37. The summed E-state index contributed by atoms with van der Waals surface area (Å²) in [7, 11) is 0. The Morgan fingerprint density at radius 1 is 1.00 bits per heavy atom. The molecular weight excluding hydrogens is 100 g/mol. The predicted molar refractivity (Wildman–Crippen MR) is 32.0 cm³/mol. The van der Waals surface area contributed by atoms with Crippen molar-refractivity contribution in [1.82, 2.24) is 0 Å². The summed E-state index contributed by atoms with van der Waals surface area (Å²) in [6.45, 7) is 3.25. The second-order valence-corrected chi connectivity index (χ2v) is 1.08. The molecule has 0 saturated heterocycles. The van der Waals surface area contributed by atoms with E-state index in [1.807, 2.05) is 30.3 Å². The fraction of sp³-hybridized carbons (Fsp3) is 0. The van der Waals surface area contributed by atoms with Crippen molar-refractivity contribution >= 4 is 6.79 Å². The Bertz CT molecular complexity index is 87.2. The van der Waals surface area contributed by atoms with Gasteiger partial charge in [-0.2, -0.15) is 0 Å². The first-order valence-electron chi connectivity index (χ1n) is 2.15. The summed E-state index contributed by atoms with van der Waals surface area (Å²) in [5, 5.41) is 0. The molecule has 0 saturated carbocycles. The zero-order chi connectivity index (χ0) is 6.24. The number of carbonyl (C=O) groups excluding carboxylic acids is 1. The van der Waals surface area contributed by atoms with Gasteiger partial charge in [0.05, 0.1) is 0 Å². The molecule has 0 amide bonds. The monoisotopic (exact) mass is 106 g/mol. The maximum absolute atomic E-state index is 7.75. The molecule has 0 aliphatic heterocycles. The number of hydrogen-bond acceptors (Lipinski definition) is 1. The minimum Gasteiger partial charge on any atom is -0.295 e. The van der Waals surface area contributed by atoms with Gasteiger partial charge in [0.25, 0.3) is 0 Å². The van der Waals surface area contributed by atoms with Crippen LogP contribution in [0.5, 0.6) is 0 Å². The SMILES string of the molecule is [CH]=O.[c]1ccccc1. The quantitative estimate of drug-likeness (QED) is 0.454. The average molecular weight is 106 g/mol. The van der Waals surface area contributed by atoms with Crippen molar-refractivity contribution in [2.75, 3.05) is 0 Å². The fourth-order valence-electron chi connectivity index (χ4n) is 0.342. The van der Waals surface area contributed by atoms with E-state index in [9.17, 15) is 0 Å². The van der Waals surface area contributed by atoms with E-state index >= 15 is 0 Å². The van der Waals surface area contributed by atoms with Gasteiger partial charge in [-0.05, 0) is 6.07 Å². The first-order chi connectivity index (χ1) is 4.00. The van der Waals surface area contributed by atoms with Crippen LogP contribution in [0, 0.1) is 6.07 Å². The molecule has 0 bridgehead atoms.